The highest BCUT2D eigenvalue weighted by Gasteiger charge is 2.23. The van der Waals surface area contributed by atoms with E-state index in [0.29, 0.717) is 11.3 Å². The van der Waals surface area contributed by atoms with Crippen molar-refractivity contribution in [1.82, 2.24) is 4.98 Å². The van der Waals surface area contributed by atoms with Crippen LogP contribution in [0.15, 0.2) is 40.9 Å². The van der Waals surface area contributed by atoms with Gasteiger partial charge in [-0.05, 0) is 23.9 Å². The predicted octanol–water partition coefficient (Wildman–Crippen LogP) is 2.00. The largest absolute Gasteiger partial charge is 0.431 e. The molecule has 2 heterocycles. The maximum absolute atomic E-state index is 11.2. The Balaban J connectivity index is 2.01. The van der Waals surface area contributed by atoms with E-state index in [1.807, 2.05) is 24.3 Å². The summed E-state index contributed by atoms with van der Waals surface area (Å²) in [5.74, 6) is 0.511. The maximum Gasteiger partial charge on any atom is 0.268 e. The maximum atomic E-state index is 11.2. The molecule has 5 nitrogen and oxygen atoms in total. The summed E-state index contributed by atoms with van der Waals surface area (Å²) >= 11 is 1.06. The molecule has 0 bridgehead atoms. The van der Waals surface area contributed by atoms with Crippen molar-refractivity contribution < 1.29 is 13.2 Å². The van der Waals surface area contributed by atoms with Gasteiger partial charge in [0.05, 0.1) is 0 Å². The van der Waals surface area contributed by atoms with E-state index in [2.05, 4.69) is 9.38 Å². The molecule has 1 aromatic carbocycles. The zero-order chi connectivity index (χ0) is 12.6. The van der Waals surface area contributed by atoms with E-state index in [4.69, 9.17) is 4.74 Å². The van der Waals surface area contributed by atoms with E-state index in [9.17, 15) is 8.42 Å². The summed E-state index contributed by atoms with van der Waals surface area (Å²) < 4.78 is 31.4. The van der Waals surface area contributed by atoms with Crippen LogP contribution in [0.2, 0.25) is 0 Å². The lowest BCUT2D eigenvalue weighted by molar-refractivity contribution is 0.570. The minimum atomic E-state index is -3.36. The summed E-state index contributed by atoms with van der Waals surface area (Å²) in [4.78, 5) is 4.22. The van der Waals surface area contributed by atoms with Crippen molar-refractivity contribution in [2.24, 2.45) is 4.40 Å². The topological polar surface area (TPSA) is 68.6 Å². The lowest BCUT2D eigenvalue weighted by Gasteiger charge is -2.05. The van der Waals surface area contributed by atoms with Crippen molar-refractivity contribution in [2.75, 3.05) is 5.08 Å². The van der Waals surface area contributed by atoms with Crippen molar-refractivity contribution in [1.29, 1.82) is 0 Å². The molecule has 18 heavy (non-hydrogen) atoms. The molecule has 2 aromatic rings. The van der Waals surface area contributed by atoms with Crippen molar-refractivity contribution in [3.63, 3.8) is 0 Å². The summed E-state index contributed by atoms with van der Waals surface area (Å²) in [5, 5.41) is 1.01. The Morgan fingerprint density at radius 2 is 2.06 bits per heavy atom. The molecular weight excluding hydrogens is 272 g/mol. The van der Waals surface area contributed by atoms with Gasteiger partial charge < -0.3 is 4.74 Å². The number of nitrogens with zero attached hydrogens (tertiary/aromatic N) is 2. The van der Waals surface area contributed by atoms with Crippen molar-refractivity contribution >= 4 is 37.9 Å². The van der Waals surface area contributed by atoms with Crippen LogP contribution in [0.3, 0.4) is 0 Å². The number of hydrogen-bond acceptors (Lipinski definition) is 5. The Morgan fingerprint density at radius 3 is 2.83 bits per heavy atom. The summed E-state index contributed by atoms with van der Waals surface area (Å²) in [6, 6.07) is 9.22. The Bertz CT molecular complexity index is 736. The first-order chi connectivity index (χ1) is 8.64. The van der Waals surface area contributed by atoms with Crippen LogP contribution < -0.4 is 4.74 Å². The number of aromatic nitrogens is 1. The van der Waals surface area contributed by atoms with Crippen LogP contribution >= 0.6 is 11.8 Å². The third kappa shape index (κ3) is 2.19. The van der Waals surface area contributed by atoms with Gasteiger partial charge in [0, 0.05) is 11.6 Å². The normalized spacial score (nSPS) is 17.7. The predicted molar refractivity (Wildman–Crippen MR) is 71.2 cm³/mol. The summed E-state index contributed by atoms with van der Waals surface area (Å²) in [6.07, 6.45) is 1.66. The number of ether oxygens (including phenoxy) is 1. The van der Waals surface area contributed by atoms with Crippen molar-refractivity contribution in [3.8, 4) is 5.75 Å². The Morgan fingerprint density at radius 1 is 1.22 bits per heavy atom. The van der Waals surface area contributed by atoms with Crippen LogP contribution in [0, 0.1) is 0 Å². The van der Waals surface area contributed by atoms with E-state index in [1.54, 1.807) is 12.3 Å². The molecule has 0 aliphatic carbocycles. The van der Waals surface area contributed by atoms with Gasteiger partial charge in [0.1, 0.15) is 10.6 Å². The second-order valence-corrected chi connectivity index (χ2v) is 6.56. The Hall–Kier alpha value is -1.60. The zero-order valence-electron chi connectivity index (χ0n) is 9.11. The number of fused-ring (bicyclic) bond motifs is 1. The van der Waals surface area contributed by atoms with Crippen molar-refractivity contribution in [2.45, 2.75) is 0 Å². The van der Waals surface area contributed by atoms with Crippen LogP contribution in [0.1, 0.15) is 0 Å². The molecular formula is C11H8N2O3S2. The van der Waals surface area contributed by atoms with Gasteiger partial charge in [-0.25, -0.2) is 8.42 Å². The quantitative estimate of drug-likeness (QED) is 0.799. The molecule has 7 heteroatoms. The molecule has 92 valence electrons. The molecule has 0 saturated heterocycles. The number of thioether (sulfide) groups is 1. The molecule has 3 rings (SSSR count). The van der Waals surface area contributed by atoms with Crippen LogP contribution in [0.25, 0.3) is 10.9 Å². The lowest BCUT2D eigenvalue weighted by Crippen LogP contribution is -2.01. The smallest absolute Gasteiger partial charge is 0.268 e. The SMILES string of the molecule is O=S1(=O)CSC(Oc2cccc3cccnc23)=N1. The van der Waals surface area contributed by atoms with E-state index in [0.717, 1.165) is 17.1 Å². The van der Waals surface area contributed by atoms with Gasteiger partial charge in [-0.3, -0.25) is 4.98 Å². The molecule has 0 saturated carbocycles. The number of benzene rings is 1. The molecule has 0 radical (unpaired) electrons. The summed E-state index contributed by atoms with van der Waals surface area (Å²) in [5.41, 5.74) is 0.688. The third-order valence-electron chi connectivity index (χ3n) is 2.34. The van der Waals surface area contributed by atoms with Crippen LogP contribution in [0.4, 0.5) is 0 Å². The number of rotatable bonds is 1. The number of hydrogen-bond donors (Lipinski definition) is 0. The Kier molecular flexibility index (Phi) is 2.71. The fraction of sp³-hybridized carbons (Fsp3) is 0.0909. The minimum Gasteiger partial charge on any atom is -0.431 e. The second-order valence-electron chi connectivity index (χ2n) is 3.63. The lowest BCUT2D eigenvalue weighted by atomic mass is 10.2. The molecule has 1 aromatic heterocycles. The van der Waals surface area contributed by atoms with Gasteiger partial charge in [-0.15, -0.1) is 4.40 Å². The molecule has 0 fully saturated rings. The van der Waals surface area contributed by atoms with E-state index in [1.165, 1.54) is 0 Å². The average molecular weight is 280 g/mol. The summed E-state index contributed by atoms with van der Waals surface area (Å²) in [7, 11) is -3.36. The van der Waals surface area contributed by atoms with Crippen LogP contribution in [0.5, 0.6) is 5.75 Å². The van der Waals surface area contributed by atoms with Gasteiger partial charge in [-0.1, -0.05) is 18.2 Å². The van der Waals surface area contributed by atoms with Gasteiger partial charge in [0.25, 0.3) is 15.3 Å². The monoisotopic (exact) mass is 280 g/mol. The zero-order valence-corrected chi connectivity index (χ0v) is 10.7. The fourth-order valence-electron chi connectivity index (χ4n) is 1.59. The minimum absolute atomic E-state index is 0.0689. The fourth-order valence-corrected chi connectivity index (χ4v) is 3.77. The van der Waals surface area contributed by atoms with Gasteiger partial charge >= 0.3 is 0 Å². The van der Waals surface area contributed by atoms with E-state index in [-0.39, 0.29) is 10.3 Å². The highest BCUT2D eigenvalue weighted by molar-refractivity contribution is 8.24. The van der Waals surface area contributed by atoms with E-state index >= 15 is 0 Å². The van der Waals surface area contributed by atoms with E-state index < -0.39 is 10.0 Å². The number of pyridine rings is 1. The number of para-hydroxylation sites is 1. The van der Waals surface area contributed by atoms with Crippen LogP contribution in [-0.4, -0.2) is 23.7 Å². The highest BCUT2D eigenvalue weighted by atomic mass is 32.3. The first-order valence-electron chi connectivity index (χ1n) is 5.11. The molecule has 1 aliphatic heterocycles. The highest BCUT2D eigenvalue weighted by Crippen LogP contribution is 2.27. The molecule has 0 spiro atoms. The first kappa shape index (κ1) is 11.5. The second kappa shape index (κ2) is 4.25. The third-order valence-corrected chi connectivity index (χ3v) is 4.98. The van der Waals surface area contributed by atoms with Crippen molar-refractivity contribution in [3.05, 3.63) is 36.5 Å². The number of sulfonamides is 1. The molecule has 0 N–H and O–H groups in total. The van der Waals surface area contributed by atoms with Crippen LogP contribution in [-0.2, 0) is 10.0 Å². The van der Waals surface area contributed by atoms with Gasteiger partial charge in [0.2, 0.25) is 0 Å². The Labute approximate surface area is 108 Å². The molecule has 1 aliphatic rings. The van der Waals surface area contributed by atoms with Gasteiger partial charge in [0.15, 0.2) is 5.75 Å². The van der Waals surface area contributed by atoms with Gasteiger partial charge in [-0.2, -0.15) is 0 Å². The standard InChI is InChI=1S/C11H8N2O3S2/c14-18(15)7-17-11(13-18)16-9-5-1-3-8-4-2-6-12-10(8)9/h1-6H,7H2. The molecule has 0 atom stereocenters. The molecule has 0 amide bonds. The summed E-state index contributed by atoms with van der Waals surface area (Å²) in [6.45, 7) is 0. The average Bonchev–Trinajstić information content (AvgIpc) is 2.69. The molecule has 0 unspecified atom stereocenters. The first-order valence-corrected chi connectivity index (χ1v) is 7.71.